The van der Waals surface area contributed by atoms with Crippen LogP contribution in [-0.2, 0) is 11.3 Å². The number of hydrogen-bond donors (Lipinski definition) is 1. The molecule has 2 heteroatoms. The van der Waals surface area contributed by atoms with Crippen molar-refractivity contribution in [3.05, 3.63) is 35.4 Å². The first-order valence-corrected chi connectivity index (χ1v) is 6.03. The van der Waals surface area contributed by atoms with Gasteiger partial charge in [0.05, 0.1) is 12.7 Å². The fourth-order valence-corrected chi connectivity index (χ4v) is 1.76. The number of rotatable bonds is 7. The normalized spacial score (nSPS) is 12.7. The molecule has 0 aliphatic rings. The number of unbranched alkanes of at least 4 members (excludes halogenated alkanes) is 2. The predicted molar refractivity (Wildman–Crippen MR) is 66.3 cm³/mol. The van der Waals surface area contributed by atoms with Crippen molar-refractivity contribution in [1.29, 1.82) is 0 Å². The highest BCUT2D eigenvalue weighted by Gasteiger charge is 2.06. The van der Waals surface area contributed by atoms with Gasteiger partial charge in [0.2, 0.25) is 0 Å². The summed E-state index contributed by atoms with van der Waals surface area (Å²) < 4.78 is 5.05. The van der Waals surface area contributed by atoms with Gasteiger partial charge in [0, 0.05) is 7.11 Å². The van der Waals surface area contributed by atoms with Gasteiger partial charge in [-0.25, -0.2) is 0 Å². The molecule has 1 N–H and O–H groups in total. The van der Waals surface area contributed by atoms with Crippen LogP contribution in [0.3, 0.4) is 0 Å². The second-order valence-electron chi connectivity index (χ2n) is 4.19. The topological polar surface area (TPSA) is 29.5 Å². The predicted octanol–water partition coefficient (Wildman–Crippen LogP) is 3.45. The molecular formula is C14H22O2. The minimum atomic E-state index is -0.317. The standard InChI is InChI=1S/C14H22O2/c1-3-4-5-6-14(15)13-9-7-12(8-10-13)11-16-2/h7-10,14-15H,3-6,11H2,1-2H3. The van der Waals surface area contributed by atoms with Gasteiger partial charge in [-0.3, -0.25) is 0 Å². The van der Waals surface area contributed by atoms with E-state index >= 15 is 0 Å². The van der Waals surface area contributed by atoms with Crippen LogP contribution in [0.25, 0.3) is 0 Å². The Labute approximate surface area is 98.3 Å². The van der Waals surface area contributed by atoms with Crippen molar-refractivity contribution < 1.29 is 9.84 Å². The van der Waals surface area contributed by atoms with Crippen LogP contribution in [0.1, 0.15) is 49.8 Å². The Morgan fingerprint density at radius 3 is 2.44 bits per heavy atom. The average Bonchev–Trinajstić information content (AvgIpc) is 2.30. The molecular weight excluding hydrogens is 200 g/mol. The molecule has 1 atom stereocenters. The van der Waals surface area contributed by atoms with E-state index in [1.165, 1.54) is 12.8 Å². The summed E-state index contributed by atoms with van der Waals surface area (Å²) >= 11 is 0. The maximum atomic E-state index is 9.94. The Bertz CT molecular complexity index is 279. The molecule has 0 aliphatic carbocycles. The van der Waals surface area contributed by atoms with Crippen molar-refractivity contribution >= 4 is 0 Å². The Morgan fingerprint density at radius 2 is 1.88 bits per heavy atom. The van der Waals surface area contributed by atoms with Gasteiger partial charge in [0.25, 0.3) is 0 Å². The van der Waals surface area contributed by atoms with Crippen LogP contribution in [0.2, 0.25) is 0 Å². The van der Waals surface area contributed by atoms with Crippen LogP contribution in [0.4, 0.5) is 0 Å². The lowest BCUT2D eigenvalue weighted by Gasteiger charge is -2.11. The van der Waals surface area contributed by atoms with Gasteiger partial charge in [0.1, 0.15) is 0 Å². The maximum absolute atomic E-state index is 9.94. The third-order valence-corrected chi connectivity index (χ3v) is 2.76. The van der Waals surface area contributed by atoms with E-state index in [1.807, 2.05) is 24.3 Å². The minimum Gasteiger partial charge on any atom is -0.388 e. The largest absolute Gasteiger partial charge is 0.388 e. The lowest BCUT2D eigenvalue weighted by atomic mass is 10.0. The van der Waals surface area contributed by atoms with Crippen LogP contribution in [0.15, 0.2) is 24.3 Å². The van der Waals surface area contributed by atoms with E-state index in [1.54, 1.807) is 7.11 Å². The van der Waals surface area contributed by atoms with Crippen molar-refractivity contribution in [3.8, 4) is 0 Å². The second-order valence-corrected chi connectivity index (χ2v) is 4.19. The molecule has 1 rings (SSSR count). The third-order valence-electron chi connectivity index (χ3n) is 2.76. The number of methoxy groups -OCH3 is 1. The van der Waals surface area contributed by atoms with Crippen molar-refractivity contribution in [2.75, 3.05) is 7.11 Å². The van der Waals surface area contributed by atoms with Gasteiger partial charge in [0.15, 0.2) is 0 Å². The van der Waals surface area contributed by atoms with Crippen LogP contribution in [0, 0.1) is 0 Å². The molecule has 2 nitrogen and oxygen atoms in total. The molecule has 0 saturated carbocycles. The van der Waals surface area contributed by atoms with Crippen LogP contribution in [0.5, 0.6) is 0 Å². The van der Waals surface area contributed by atoms with Crippen molar-refractivity contribution in [3.63, 3.8) is 0 Å². The number of hydrogen-bond acceptors (Lipinski definition) is 2. The third kappa shape index (κ3) is 4.33. The van der Waals surface area contributed by atoms with E-state index in [0.717, 1.165) is 24.0 Å². The van der Waals surface area contributed by atoms with Crippen molar-refractivity contribution in [2.45, 2.75) is 45.3 Å². The summed E-state index contributed by atoms with van der Waals surface area (Å²) in [5, 5.41) is 9.94. The minimum absolute atomic E-state index is 0.317. The maximum Gasteiger partial charge on any atom is 0.0790 e. The molecule has 0 radical (unpaired) electrons. The first-order valence-electron chi connectivity index (χ1n) is 6.03. The fraction of sp³-hybridized carbons (Fsp3) is 0.571. The summed E-state index contributed by atoms with van der Waals surface area (Å²) in [5.41, 5.74) is 2.16. The van der Waals surface area contributed by atoms with Gasteiger partial charge < -0.3 is 9.84 Å². The zero-order valence-electron chi connectivity index (χ0n) is 10.3. The summed E-state index contributed by atoms with van der Waals surface area (Å²) in [5.74, 6) is 0. The molecule has 1 unspecified atom stereocenters. The molecule has 0 fully saturated rings. The van der Waals surface area contributed by atoms with E-state index in [4.69, 9.17) is 4.74 Å². The van der Waals surface area contributed by atoms with Gasteiger partial charge in [-0.2, -0.15) is 0 Å². The Hall–Kier alpha value is -0.860. The van der Waals surface area contributed by atoms with Crippen molar-refractivity contribution in [2.24, 2.45) is 0 Å². The Kier molecular flexibility index (Phi) is 6.12. The average molecular weight is 222 g/mol. The Morgan fingerprint density at radius 1 is 1.19 bits per heavy atom. The number of ether oxygens (including phenoxy) is 1. The van der Waals surface area contributed by atoms with E-state index < -0.39 is 0 Å². The second kappa shape index (κ2) is 7.42. The number of benzene rings is 1. The highest BCUT2D eigenvalue weighted by molar-refractivity contribution is 5.23. The van der Waals surface area contributed by atoms with Gasteiger partial charge in [-0.05, 0) is 17.5 Å². The van der Waals surface area contributed by atoms with E-state index in [0.29, 0.717) is 6.61 Å². The monoisotopic (exact) mass is 222 g/mol. The van der Waals surface area contributed by atoms with Gasteiger partial charge in [-0.15, -0.1) is 0 Å². The summed E-state index contributed by atoms with van der Waals surface area (Å²) in [6.07, 6.45) is 4.02. The van der Waals surface area contributed by atoms with Crippen LogP contribution >= 0.6 is 0 Å². The number of aliphatic hydroxyl groups excluding tert-OH is 1. The van der Waals surface area contributed by atoms with Crippen LogP contribution in [-0.4, -0.2) is 12.2 Å². The molecule has 0 amide bonds. The van der Waals surface area contributed by atoms with E-state index in [-0.39, 0.29) is 6.10 Å². The zero-order chi connectivity index (χ0) is 11.8. The lowest BCUT2D eigenvalue weighted by Crippen LogP contribution is -1.98. The first kappa shape index (κ1) is 13.2. The molecule has 0 spiro atoms. The van der Waals surface area contributed by atoms with E-state index in [9.17, 15) is 5.11 Å². The molecule has 0 saturated heterocycles. The number of aliphatic hydroxyl groups is 1. The van der Waals surface area contributed by atoms with Crippen LogP contribution < -0.4 is 0 Å². The molecule has 0 bridgehead atoms. The summed E-state index contributed by atoms with van der Waals surface area (Å²) in [7, 11) is 1.69. The summed E-state index contributed by atoms with van der Waals surface area (Å²) in [6, 6.07) is 8.01. The lowest BCUT2D eigenvalue weighted by molar-refractivity contribution is 0.163. The summed E-state index contributed by atoms with van der Waals surface area (Å²) in [6.45, 7) is 2.80. The molecule has 0 heterocycles. The quantitative estimate of drug-likeness (QED) is 0.716. The summed E-state index contributed by atoms with van der Waals surface area (Å²) in [4.78, 5) is 0. The smallest absolute Gasteiger partial charge is 0.0790 e. The molecule has 0 aliphatic heterocycles. The SMILES string of the molecule is CCCCCC(O)c1ccc(COC)cc1. The molecule has 1 aromatic rings. The molecule has 0 aromatic heterocycles. The molecule has 90 valence electrons. The fourth-order valence-electron chi connectivity index (χ4n) is 1.76. The molecule has 1 aromatic carbocycles. The van der Waals surface area contributed by atoms with Gasteiger partial charge >= 0.3 is 0 Å². The Balaban J connectivity index is 2.46. The molecule has 16 heavy (non-hydrogen) atoms. The first-order chi connectivity index (χ1) is 7.77. The zero-order valence-corrected chi connectivity index (χ0v) is 10.3. The highest BCUT2D eigenvalue weighted by atomic mass is 16.5. The highest BCUT2D eigenvalue weighted by Crippen LogP contribution is 2.20. The van der Waals surface area contributed by atoms with Crippen molar-refractivity contribution in [1.82, 2.24) is 0 Å². The van der Waals surface area contributed by atoms with E-state index in [2.05, 4.69) is 6.92 Å². The van der Waals surface area contributed by atoms with Gasteiger partial charge in [-0.1, -0.05) is 50.5 Å².